The summed E-state index contributed by atoms with van der Waals surface area (Å²) in [7, 11) is 0. The van der Waals surface area contributed by atoms with Crippen LogP contribution in [0.15, 0.2) is 82.1 Å². The van der Waals surface area contributed by atoms with Gasteiger partial charge in [0.1, 0.15) is 23.2 Å². The molecule has 0 spiro atoms. The van der Waals surface area contributed by atoms with Gasteiger partial charge >= 0.3 is 0 Å². The molecule has 0 radical (unpaired) electrons. The Kier molecular flexibility index (Phi) is 5.75. The maximum absolute atomic E-state index is 12.5. The normalized spacial score (nSPS) is 11.1. The molecule has 1 N–H and O–H groups in total. The molecule has 7 heteroatoms. The van der Waals surface area contributed by atoms with Crippen LogP contribution in [0.1, 0.15) is 5.76 Å². The zero-order chi connectivity index (χ0) is 20.9. The van der Waals surface area contributed by atoms with Gasteiger partial charge < -0.3 is 4.42 Å². The van der Waals surface area contributed by atoms with Crippen LogP contribution >= 0.6 is 22.9 Å². The quantitative estimate of drug-likeness (QED) is 0.298. The molecule has 4 aromatic rings. The fraction of sp³-hybridized carbons (Fsp3) is 0. The number of carbonyl (C=O) groups is 1. The first kappa shape index (κ1) is 19.6. The van der Waals surface area contributed by atoms with Gasteiger partial charge in [0.25, 0.3) is 5.91 Å². The minimum absolute atomic E-state index is 0.0912. The highest BCUT2D eigenvalue weighted by atomic mass is 35.5. The highest BCUT2D eigenvalue weighted by molar-refractivity contribution is 7.14. The van der Waals surface area contributed by atoms with Crippen molar-refractivity contribution in [3.05, 3.63) is 88.5 Å². The maximum atomic E-state index is 12.5. The summed E-state index contributed by atoms with van der Waals surface area (Å²) in [5.41, 5.74) is 2.35. The van der Waals surface area contributed by atoms with Gasteiger partial charge in [-0.15, -0.1) is 11.3 Å². The standard InChI is InChI=1S/C23H14ClN3O2S/c24-19-9-5-4-8-18(19)21-11-10-17(29-21)12-16(13-25)22(28)27-23-26-20(14-30-23)15-6-2-1-3-7-15/h1-12,14H,(H,26,27,28)/b16-12-. The molecule has 5 nitrogen and oxygen atoms in total. The first-order valence-corrected chi connectivity index (χ1v) is 10.2. The summed E-state index contributed by atoms with van der Waals surface area (Å²) in [5.74, 6) is 0.375. The van der Waals surface area contributed by atoms with Gasteiger partial charge in [-0.1, -0.05) is 54.1 Å². The number of nitriles is 1. The summed E-state index contributed by atoms with van der Waals surface area (Å²) < 4.78 is 5.74. The van der Waals surface area contributed by atoms with Crippen molar-refractivity contribution in [1.29, 1.82) is 5.26 Å². The van der Waals surface area contributed by atoms with Gasteiger partial charge in [-0.2, -0.15) is 5.26 Å². The monoisotopic (exact) mass is 431 g/mol. The summed E-state index contributed by atoms with van der Waals surface area (Å²) in [4.78, 5) is 16.9. The second-order valence-corrected chi connectivity index (χ2v) is 7.48. The summed E-state index contributed by atoms with van der Waals surface area (Å²) in [6.45, 7) is 0. The lowest BCUT2D eigenvalue weighted by molar-refractivity contribution is -0.112. The van der Waals surface area contributed by atoms with Crippen molar-refractivity contribution >= 4 is 40.1 Å². The Balaban J connectivity index is 1.51. The molecule has 0 saturated carbocycles. The molecule has 0 aliphatic carbocycles. The number of anilines is 1. The van der Waals surface area contributed by atoms with Crippen LogP contribution < -0.4 is 5.32 Å². The van der Waals surface area contributed by atoms with E-state index in [2.05, 4.69) is 10.3 Å². The topological polar surface area (TPSA) is 78.9 Å². The second kappa shape index (κ2) is 8.78. The minimum atomic E-state index is -0.554. The van der Waals surface area contributed by atoms with Crippen molar-refractivity contribution in [2.24, 2.45) is 0 Å². The first-order valence-electron chi connectivity index (χ1n) is 8.93. The van der Waals surface area contributed by atoms with Gasteiger partial charge in [0.2, 0.25) is 0 Å². The molecule has 30 heavy (non-hydrogen) atoms. The van der Waals surface area contributed by atoms with E-state index < -0.39 is 5.91 Å². The molecular weight excluding hydrogens is 418 g/mol. The van der Waals surface area contributed by atoms with E-state index in [4.69, 9.17) is 16.0 Å². The fourth-order valence-corrected chi connectivity index (χ4v) is 3.71. The molecule has 0 aliphatic heterocycles. The summed E-state index contributed by atoms with van der Waals surface area (Å²) in [5, 5.41) is 14.9. The first-order chi connectivity index (χ1) is 14.6. The zero-order valence-corrected chi connectivity index (χ0v) is 17.1. The lowest BCUT2D eigenvalue weighted by Crippen LogP contribution is -2.13. The Hall–Kier alpha value is -3.66. The molecule has 146 valence electrons. The lowest BCUT2D eigenvalue weighted by Gasteiger charge is -2.00. The van der Waals surface area contributed by atoms with E-state index in [-0.39, 0.29) is 5.57 Å². The van der Waals surface area contributed by atoms with Crippen molar-refractivity contribution in [3.63, 3.8) is 0 Å². The van der Waals surface area contributed by atoms with Gasteiger partial charge in [-0.3, -0.25) is 10.1 Å². The third kappa shape index (κ3) is 4.33. The van der Waals surface area contributed by atoms with Gasteiger partial charge in [0.15, 0.2) is 5.13 Å². The maximum Gasteiger partial charge on any atom is 0.268 e. The number of aromatic nitrogens is 1. The van der Waals surface area contributed by atoms with Crippen LogP contribution in [0.4, 0.5) is 5.13 Å². The van der Waals surface area contributed by atoms with Crippen LogP contribution in [0, 0.1) is 11.3 Å². The Labute approximate surface area is 181 Å². The number of amides is 1. The minimum Gasteiger partial charge on any atom is -0.457 e. The average molecular weight is 432 g/mol. The number of benzene rings is 2. The third-order valence-electron chi connectivity index (χ3n) is 4.21. The van der Waals surface area contributed by atoms with Crippen LogP contribution in [-0.2, 0) is 4.79 Å². The van der Waals surface area contributed by atoms with Crippen molar-refractivity contribution in [3.8, 4) is 28.7 Å². The highest BCUT2D eigenvalue weighted by Crippen LogP contribution is 2.30. The Morgan fingerprint density at radius 2 is 1.87 bits per heavy atom. The van der Waals surface area contributed by atoms with Gasteiger partial charge in [0, 0.05) is 22.6 Å². The van der Waals surface area contributed by atoms with Crippen LogP contribution in [0.2, 0.25) is 5.02 Å². The smallest absolute Gasteiger partial charge is 0.268 e. The molecule has 0 saturated heterocycles. The molecule has 2 aromatic heterocycles. The van der Waals surface area contributed by atoms with E-state index in [1.807, 2.05) is 60.0 Å². The van der Waals surface area contributed by atoms with Gasteiger partial charge in [-0.25, -0.2) is 4.98 Å². The molecule has 0 atom stereocenters. The molecule has 0 fully saturated rings. The highest BCUT2D eigenvalue weighted by Gasteiger charge is 2.14. The van der Waals surface area contributed by atoms with E-state index >= 15 is 0 Å². The van der Waals surface area contributed by atoms with E-state index in [9.17, 15) is 10.1 Å². The summed E-state index contributed by atoms with van der Waals surface area (Å²) in [6.07, 6.45) is 1.39. The van der Waals surface area contributed by atoms with E-state index in [1.54, 1.807) is 18.2 Å². The molecule has 1 amide bonds. The SMILES string of the molecule is N#C/C(=C/c1ccc(-c2ccccc2Cl)o1)C(=O)Nc1nc(-c2ccccc2)cs1. The number of carbonyl (C=O) groups excluding carboxylic acids is 1. The van der Waals surface area contributed by atoms with Gasteiger partial charge in [0.05, 0.1) is 10.7 Å². The molecule has 2 heterocycles. The predicted molar refractivity (Wildman–Crippen MR) is 119 cm³/mol. The number of hydrogen-bond donors (Lipinski definition) is 1. The fourth-order valence-electron chi connectivity index (χ4n) is 2.76. The van der Waals surface area contributed by atoms with Crippen LogP contribution in [0.25, 0.3) is 28.7 Å². The molecular formula is C23H14ClN3O2S. The second-order valence-electron chi connectivity index (χ2n) is 6.21. The zero-order valence-electron chi connectivity index (χ0n) is 15.5. The summed E-state index contributed by atoms with van der Waals surface area (Å²) >= 11 is 7.48. The molecule has 0 aliphatic rings. The molecule has 2 aromatic carbocycles. The van der Waals surface area contributed by atoms with Crippen molar-refractivity contribution in [2.45, 2.75) is 0 Å². The summed E-state index contributed by atoms with van der Waals surface area (Å²) in [6, 6.07) is 22.3. The Morgan fingerprint density at radius 3 is 2.63 bits per heavy atom. The molecule has 0 unspecified atom stereocenters. The van der Waals surface area contributed by atoms with E-state index in [1.165, 1.54) is 17.4 Å². The van der Waals surface area contributed by atoms with Gasteiger partial charge in [-0.05, 0) is 24.3 Å². The third-order valence-corrected chi connectivity index (χ3v) is 5.30. The van der Waals surface area contributed by atoms with E-state index in [0.29, 0.717) is 21.7 Å². The number of nitrogens with zero attached hydrogens (tertiary/aromatic N) is 2. The van der Waals surface area contributed by atoms with Crippen molar-refractivity contribution < 1.29 is 9.21 Å². The Bertz CT molecular complexity index is 1270. The molecule has 4 rings (SSSR count). The van der Waals surface area contributed by atoms with Crippen molar-refractivity contribution in [1.82, 2.24) is 4.98 Å². The largest absolute Gasteiger partial charge is 0.457 e. The van der Waals surface area contributed by atoms with Crippen LogP contribution in [-0.4, -0.2) is 10.9 Å². The number of furan rings is 1. The van der Waals surface area contributed by atoms with E-state index in [0.717, 1.165) is 16.8 Å². The number of hydrogen-bond acceptors (Lipinski definition) is 5. The Morgan fingerprint density at radius 1 is 1.10 bits per heavy atom. The predicted octanol–water partition coefficient (Wildman–Crippen LogP) is 6.27. The number of rotatable bonds is 5. The number of thiazole rings is 1. The lowest BCUT2D eigenvalue weighted by atomic mass is 10.2. The number of halogens is 1. The van der Waals surface area contributed by atoms with Crippen LogP contribution in [0.3, 0.4) is 0 Å². The molecule has 0 bridgehead atoms. The average Bonchev–Trinajstić information content (AvgIpc) is 3.42. The van der Waals surface area contributed by atoms with Crippen molar-refractivity contribution in [2.75, 3.05) is 5.32 Å². The van der Waals surface area contributed by atoms with Crippen LogP contribution in [0.5, 0.6) is 0 Å². The number of nitrogens with one attached hydrogen (secondary N) is 1.